The van der Waals surface area contributed by atoms with Crippen molar-refractivity contribution in [1.29, 1.82) is 0 Å². The summed E-state index contributed by atoms with van der Waals surface area (Å²) >= 11 is 11.1. The van der Waals surface area contributed by atoms with Crippen LogP contribution in [0.3, 0.4) is 0 Å². The Hall–Kier alpha value is -1.66. The third-order valence-electron chi connectivity index (χ3n) is 3.70. The fraction of sp³-hybridized carbons (Fsp3) is 0.438. The molecule has 2 amide bonds. The highest BCUT2D eigenvalue weighted by molar-refractivity contribution is 7.80. The normalized spacial score (nSPS) is 14.9. The molecule has 0 unspecified atom stereocenters. The molecule has 1 aromatic rings. The van der Waals surface area contributed by atoms with Gasteiger partial charge in [0.05, 0.1) is 10.6 Å². The van der Waals surface area contributed by atoms with Crippen LogP contribution in [0.5, 0.6) is 0 Å². The maximum absolute atomic E-state index is 12.4. The predicted octanol–water partition coefficient (Wildman–Crippen LogP) is 3.24. The van der Waals surface area contributed by atoms with Gasteiger partial charge in [0.1, 0.15) is 0 Å². The van der Waals surface area contributed by atoms with Crippen molar-refractivity contribution in [3.63, 3.8) is 0 Å². The highest BCUT2D eigenvalue weighted by Gasteiger charge is 2.18. The molecule has 0 radical (unpaired) electrons. The van der Waals surface area contributed by atoms with E-state index in [-0.39, 0.29) is 23.0 Å². The van der Waals surface area contributed by atoms with Gasteiger partial charge in [-0.2, -0.15) is 0 Å². The van der Waals surface area contributed by atoms with Gasteiger partial charge in [0.2, 0.25) is 5.91 Å². The Morgan fingerprint density at radius 1 is 1.22 bits per heavy atom. The molecule has 1 aliphatic rings. The molecular weight excluding hydrogens is 334 g/mol. The number of amides is 2. The summed E-state index contributed by atoms with van der Waals surface area (Å²) in [6, 6.07) is 5.18. The molecule has 5 nitrogen and oxygen atoms in total. The lowest BCUT2D eigenvalue weighted by Crippen LogP contribution is -2.36. The van der Waals surface area contributed by atoms with Crippen molar-refractivity contribution in [2.75, 3.05) is 5.32 Å². The van der Waals surface area contributed by atoms with E-state index < -0.39 is 0 Å². The van der Waals surface area contributed by atoms with Gasteiger partial charge in [-0.1, -0.05) is 30.9 Å². The van der Waals surface area contributed by atoms with Gasteiger partial charge >= 0.3 is 0 Å². The lowest BCUT2D eigenvalue weighted by molar-refractivity contribution is -0.117. The average Bonchev–Trinajstić information content (AvgIpc) is 2.49. The van der Waals surface area contributed by atoms with E-state index in [1.54, 1.807) is 18.2 Å². The van der Waals surface area contributed by atoms with Crippen LogP contribution in [-0.4, -0.2) is 23.0 Å². The van der Waals surface area contributed by atoms with E-state index in [0.717, 1.165) is 25.7 Å². The number of halogens is 1. The van der Waals surface area contributed by atoms with Crippen LogP contribution in [0.1, 0.15) is 49.4 Å². The molecule has 23 heavy (non-hydrogen) atoms. The summed E-state index contributed by atoms with van der Waals surface area (Å²) in [5.74, 6) is -0.442. The molecule has 0 saturated heterocycles. The van der Waals surface area contributed by atoms with E-state index in [1.807, 2.05) is 0 Å². The first kappa shape index (κ1) is 17.7. The molecule has 124 valence electrons. The Kier molecular flexibility index (Phi) is 6.36. The first-order valence-corrected chi connectivity index (χ1v) is 8.43. The van der Waals surface area contributed by atoms with Crippen molar-refractivity contribution in [2.45, 2.75) is 45.1 Å². The fourth-order valence-corrected chi connectivity index (χ4v) is 3.07. The summed E-state index contributed by atoms with van der Waals surface area (Å²) in [5, 5.41) is 8.93. The third kappa shape index (κ3) is 5.48. The van der Waals surface area contributed by atoms with Gasteiger partial charge in [0, 0.05) is 18.7 Å². The molecule has 1 aliphatic carbocycles. The highest BCUT2D eigenvalue weighted by atomic mass is 35.5. The Morgan fingerprint density at radius 2 is 1.91 bits per heavy atom. The van der Waals surface area contributed by atoms with E-state index in [4.69, 9.17) is 23.8 Å². The van der Waals surface area contributed by atoms with Gasteiger partial charge in [-0.15, -0.1) is 0 Å². The molecule has 2 rings (SSSR count). The minimum atomic E-state index is -0.258. The maximum Gasteiger partial charge on any atom is 0.253 e. The third-order valence-corrected chi connectivity index (χ3v) is 4.23. The number of hydrogen-bond donors (Lipinski definition) is 3. The minimum absolute atomic E-state index is 0.179. The van der Waals surface area contributed by atoms with E-state index >= 15 is 0 Å². The summed E-state index contributed by atoms with van der Waals surface area (Å²) in [6.07, 6.45) is 5.53. The van der Waals surface area contributed by atoms with Gasteiger partial charge in [-0.25, -0.2) is 0 Å². The zero-order valence-corrected chi connectivity index (χ0v) is 14.5. The Balaban J connectivity index is 2.05. The van der Waals surface area contributed by atoms with Crippen LogP contribution in [0.4, 0.5) is 5.69 Å². The quantitative estimate of drug-likeness (QED) is 0.730. The first-order chi connectivity index (χ1) is 11.0. The molecular formula is C16H20ClN3O2S. The van der Waals surface area contributed by atoms with Crippen LogP contribution in [0, 0.1) is 0 Å². The average molecular weight is 354 g/mol. The minimum Gasteiger partial charge on any atom is -0.349 e. The van der Waals surface area contributed by atoms with Crippen LogP contribution in [0.2, 0.25) is 5.02 Å². The molecule has 1 aromatic carbocycles. The van der Waals surface area contributed by atoms with E-state index in [1.165, 1.54) is 13.3 Å². The fourth-order valence-electron chi connectivity index (χ4n) is 2.61. The summed E-state index contributed by atoms with van der Waals surface area (Å²) in [5.41, 5.74) is 0.995. The van der Waals surface area contributed by atoms with Crippen molar-refractivity contribution in [3.05, 3.63) is 28.8 Å². The lowest BCUT2D eigenvalue weighted by atomic mass is 9.95. The molecule has 0 bridgehead atoms. The van der Waals surface area contributed by atoms with Gasteiger partial charge < -0.3 is 16.0 Å². The number of thiocarbonyl (C=S) groups is 1. The summed E-state index contributed by atoms with van der Waals surface area (Å²) in [6.45, 7) is 1.37. The number of carbonyl (C=O) groups excluding carboxylic acids is 2. The number of hydrogen-bond acceptors (Lipinski definition) is 3. The van der Waals surface area contributed by atoms with E-state index in [9.17, 15) is 9.59 Å². The second kappa shape index (κ2) is 8.26. The van der Waals surface area contributed by atoms with Crippen molar-refractivity contribution < 1.29 is 9.59 Å². The van der Waals surface area contributed by atoms with E-state index in [2.05, 4.69) is 16.0 Å². The highest BCUT2D eigenvalue weighted by Crippen LogP contribution is 2.22. The largest absolute Gasteiger partial charge is 0.349 e. The summed E-state index contributed by atoms with van der Waals surface area (Å²) < 4.78 is 0. The van der Waals surface area contributed by atoms with Gasteiger partial charge in [-0.3, -0.25) is 9.59 Å². The van der Waals surface area contributed by atoms with E-state index in [0.29, 0.717) is 16.3 Å². The van der Waals surface area contributed by atoms with Crippen LogP contribution in [0.15, 0.2) is 18.2 Å². The predicted molar refractivity (Wildman–Crippen MR) is 95.8 cm³/mol. The second-order valence-electron chi connectivity index (χ2n) is 5.64. The first-order valence-electron chi connectivity index (χ1n) is 7.64. The standard InChI is InChI=1S/C16H20ClN3O2S/c1-10(21)18-16(23)20-12-7-8-14(17)13(9-12)15(22)19-11-5-3-2-4-6-11/h7-9,11H,2-6H2,1H3,(H,19,22)(H2,18,20,21,23). The number of carbonyl (C=O) groups is 2. The monoisotopic (exact) mass is 353 g/mol. The molecule has 7 heteroatoms. The van der Waals surface area contributed by atoms with Crippen LogP contribution in [0.25, 0.3) is 0 Å². The Labute approximate surface area is 146 Å². The Bertz CT molecular complexity index is 615. The molecule has 0 aliphatic heterocycles. The maximum atomic E-state index is 12.4. The molecule has 1 fully saturated rings. The van der Waals surface area contributed by atoms with Crippen LogP contribution >= 0.6 is 23.8 Å². The summed E-state index contributed by atoms with van der Waals surface area (Å²) in [4.78, 5) is 23.4. The summed E-state index contributed by atoms with van der Waals surface area (Å²) in [7, 11) is 0. The number of benzene rings is 1. The molecule has 3 N–H and O–H groups in total. The topological polar surface area (TPSA) is 70.2 Å². The number of rotatable bonds is 3. The van der Waals surface area contributed by atoms with Gasteiger partial charge in [0.25, 0.3) is 5.91 Å². The van der Waals surface area contributed by atoms with Crippen molar-refractivity contribution >= 4 is 46.4 Å². The van der Waals surface area contributed by atoms with Crippen LogP contribution in [-0.2, 0) is 4.79 Å². The lowest BCUT2D eigenvalue weighted by Gasteiger charge is -2.23. The molecule has 0 spiro atoms. The van der Waals surface area contributed by atoms with Crippen molar-refractivity contribution in [2.24, 2.45) is 0 Å². The van der Waals surface area contributed by atoms with Crippen molar-refractivity contribution in [1.82, 2.24) is 10.6 Å². The molecule has 0 heterocycles. The molecule has 1 saturated carbocycles. The second-order valence-corrected chi connectivity index (χ2v) is 6.45. The van der Waals surface area contributed by atoms with Crippen molar-refractivity contribution in [3.8, 4) is 0 Å². The van der Waals surface area contributed by atoms with Crippen LogP contribution < -0.4 is 16.0 Å². The molecule has 0 atom stereocenters. The SMILES string of the molecule is CC(=O)NC(=S)Nc1ccc(Cl)c(C(=O)NC2CCCCC2)c1. The zero-order chi connectivity index (χ0) is 16.8. The van der Waals surface area contributed by atoms with Gasteiger partial charge in [0.15, 0.2) is 5.11 Å². The number of nitrogens with one attached hydrogen (secondary N) is 3. The number of anilines is 1. The smallest absolute Gasteiger partial charge is 0.253 e. The zero-order valence-electron chi connectivity index (χ0n) is 12.9. The molecule has 0 aromatic heterocycles. The Morgan fingerprint density at radius 3 is 2.57 bits per heavy atom. The van der Waals surface area contributed by atoms with Gasteiger partial charge in [-0.05, 0) is 43.3 Å².